The number of oxazole rings is 1. The number of likely N-dealkylation sites (tertiary alicyclic amines) is 1. The van der Waals surface area contributed by atoms with E-state index in [1.165, 1.54) is 6.39 Å². The van der Waals surface area contributed by atoms with Crippen molar-refractivity contribution in [1.82, 2.24) is 9.88 Å². The highest BCUT2D eigenvalue weighted by atomic mass is 16.3. The molecule has 1 atom stereocenters. The number of aliphatic hydroxyl groups excluding tert-OH is 1. The molecule has 2 amide bonds. The van der Waals surface area contributed by atoms with E-state index < -0.39 is 0 Å². The quantitative estimate of drug-likeness (QED) is 0.913. The smallest absolute Gasteiger partial charge is 0.321 e. The van der Waals surface area contributed by atoms with Gasteiger partial charge in [0.2, 0.25) is 0 Å². The Labute approximate surface area is 128 Å². The van der Waals surface area contributed by atoms with Crippen LogP contribution in [-0.2, 0) is 0 Å². The standard InChI is InChI=1S/C16H19N3O3/c20-10-12-3-2-6-19(9-12)16(21)18-14-5-1-4-13(7-14)15-8-17-11-22-15/h1,4-5,7-8,11-12,20H,2-3,6,9-10H2,(H,18,21)/t12-/m0/s1. The first-order valence-electron chi connectivity index (χ1n) is 7.42. The van der Waals surface area contributed by atoms with Crippen molar-refractivity contribution in [3.63, 3.8) is 0 Å². The van der Waals surface area contributed by atoms with Crippen molar-refractivity contribution in [2.24, 2.45) is 5.92 Å². The lowest BCUT2D eigenvalue weighted by Gasteiger charge is -2.31. The van der Waals surface area contributed by atoms with Crippen molar-refractivity contribution in [3.8, 4) is 11.3 Å². The molecule has 2 N–H and O–H groups in total. The third-order valence-corrected chi connectivity index (χ3v) is 3.90. The van der Waals surface area contributed by atoms with Crippen molar-refractivity contribution >= 4 is 11.7 Å². The fourth-order valence-electron chi connectivity index (χ4n) is 2.71. The number of carbonyl (C=O) groups is 1. The molecule has 1 saturated heterocycles. The van der Waals surface area contributed by atoms with Crippen LogP contribution in [0.25, 0.3) is 11.3 Å². The Morgan fingerprint density at radius 2 is 2.41 bits per heavy atom. The summed E-state index contributed by atoms with van der Waals surface area (Å²) in [6, 6.07) is 7.32. The summed E-state index contributed by atoms with van der Waals surface area (Å²) in [5, 5.41) is 12.1. The van der Waals surface area contributed by atoms with Gasteiger partial charge >= 0.3 is 6.03 Å². The first kappa shape index (κ1) is 14.6. The number of carbonyl (C=O) groups excluding carboxylic acids is 1. The Morgan fingerprint density at radius 1 is 1.50 bits per heavy atom. The zero-order chi connectivity index (χ0) is 15.4. The summed E-state index contributed by atoms with van der Waals surface area (Å²) in [6.07, 6.45) is 4.92. The molecule has 0 unspecified atom stereocenters. The summed E-state index contributed by atoms with van der Waals surface area (Å²) in [5.41, 5.74) is 1.58. The monoisotopic (exact) mass is 301 g/mol. The summed E-state index contributed by atoms with van der Waals surface area (Å²) in [4.78, 5) is 18.0. The Balaban J connectivity index is 1.68. The summed E-state index contributed by atoms with van der Waals surface area (Å²) < 4.78 is 5.26. The van der Waals surface area contributed by atoms with Crippen LogP contribution in [0.3, 0.4) is 0 Å². The van der Waals surface area contributed by atoms with Crippen LogP contribution in [0.4, 0.5) is 10.5 Å². The van der Waals surface area contributed by atoms with Gasteiger partial charge in [0.25, 0.3) is 0 Å². The molecule has 1 aliphatic rings. The van der Waals surface area contributed by atoms with Crippen LogP contribution in [0.5, 0.6) is 0 Å². The van der Waals surface area contributed by atoms with Crippen LogP contribution < -0.4 is 5.32 Å². The number of benzene rings is 1. The number of aliphatic hydroxyl groups is 1. The van der Waals surface area contributed by atoms with Gasteiger partial charge in [0.15, 0.2) is 12.2 Å². The highest BCUT2D eigenvalue weighted by Crippen LogP contribution is 2.23. The average molecular weight is 301 g/mol. The Kier molecular flexibility index (Phi) is 4.39. The third-order valence-electron chi connectivity index (χ3n) is 3.90. The summed E-state index contributed by atoms with van der Waals surface area (Å²) in [7, 11) is 0. The molecule has 0 radical (unpaired) electrons. The molecule has 0 spiro atoms. The average Bonchev–Trinajstić information content (AvgIpc) is 3.10. The largest absolute Gasteiger partial charge is 0.444 e. The Bertz CT molecular complexity index is 627. The molecule has 6 nitrogen and oxygen atoms in total. The topological polar surface area (TPSA) is 78.6 Å². The molecule has 22 heavy (non-hydrogen) atoms. The minimum Gasteiger partial charge on any atom is -0.444 e. The van der Waals surface area contributed by atoms with E-state index in [1.54, 1.807) is 11.1 Å². The minimum atomic E-state index is -0.132. The highest BCUT2D eigenvalue weighted by molar-refractivity contribution is 5.90. The fraction of sp³-hybridized carbons (Fsp3) is 0.375. The lowest BCUT2D eigenvalue weighted by atomic mass is 9.99. The van der Waals surface area contributed by atoms with E-state index in [0.29, 0.717) is 18.0 Å². The van der Waals surface area contributed by atoms with Crippen molar-refractivity contribution in [2.45, 2.75) is 12.8 Å². The van der Waals surface area contributed by atoms with E-state index in [4.69, 9.17) is 4.42 Å². The minimum absolute atomic E-state index is 0.130. The van der Waals surface area contributed by atoms with Gasteiger partial charge in [-0.15, -0.1) is 0 Å². The number of nitrogens with one attached hydrogen (secondary N) is 1. The molecule has 1 fully saturated rings. The van der Waals surface area contributed by atoms with Crippen LogP contribution in [0, 0.1) is 5.92 Å². The second-order valence-corrected chi connectivity index (χ2v) is 5.51. The molecule has 0 saturated carbocycles. The van der Waals surface area contributed by atoms with Gasteiger partial charge < -0.3 is 19.7 Å². The van der Waals surface area contributed by atoms with Gasteiger partial charge in [-0.3, -0.25) is 0 Å². The van der Waals surface area contributed by atoms with Crippen LogP contribution in [-0.4, -0.2) is 40.7 Å². The predicted octanol–water partition coefficient (Wildman–Crippen LogP) is 2.58. The third kappa shape index (κ3) is 3.28. The maximum atomic E-state index is 12.3. The number of nitrogens with zero attached hydrogens (tertiary/aromatic N) is 2. The van der Waals surface area contributed by atoms with Gasteiger partial charge in [-0.25, -0.2) is 9.78 Å². The second kappa shape index (κ2) is 6.62. The highest BCUT2D eigenvalue weighted by Gasteiger charge is 2.23. The molecule has 1 aromatic heterocycles. The lowest BCUT2D eigenvalue weighted by molar-refractivity contribution is 0.136. The van der Waals surface area contributed by atoms with E-state index in [1.807, 2.05) is 24.3 Å². The molecule has 0 aliphatic carbocycles. The number of rotatable bonds is 3. The van der Waals surface area contributed by atoms with Crippen molar-refractivity contribution in [1.29, 1.82) is 0 Å². The summed E-state index contributed by atoms with van der Waals surface area (Å²) >= 11 is 0. The molecule has 6 heteroatoms. The van der Waals surface area contributed by atoms with Crippen LogP contribution in [0.15, 0.2) is 41.3 Å². The van der Waals surface area contributed by atoms with Gasteiger partial charge in [-0.05, 0) is 30.9 Å². The molecule has 2 aromatic rings. The van der Waals surface area contributed by atoms with Crippen LogP contribution in [0.2, 0.25) is 0 Å². The molecule has 3 rings (SSSR count). The van der Waals surface area contributed by atoms with Gasteiger partial charge in [0, 0.05) is 30.9 Å². The SMILES string of the molecule is O=C(Nc1cccc(-c2cnco2)c1)N1CCC[C@H](CO)C1. The number of piperidine rings is 1. The zero-order valence-electron chi connectivity index (χ0n) is 12.2. The van der Waals surface area contributed by atoms with Crippen molar-refractivity contribution in [3.05, 3.63) is 36.9 Å². The van der Waals surface area contributed by atoms with Crippen molar-refractivity contribution in [2.75, 3.05) is 25.0 Å². The number of hydrogen-bond acceptors (Lipinski definition) is 4. The van der Waals surface area contributed by atoms with Gasteiger partial charge in [0.05, 0.1) is 6.20 Å². The molecule has 1 aliphatic heterocycles. The Morgan fingerprint density at radius 3 is 3.18 bits per heavy atom. The molecular formula is C16H19N3O3. The van der Waals surface area contributed by atoms with E-state index in [0.717, 1.165) is 24.9 Å². The summed E-state index contributed by atoms with van der Waals surface area (Å²) in [6.45, 7) is 1.46. The van der Waals surface area contributed by atoms with E-state index >= 15 is 0 Å². The van der Waals surface area contributed by atoms with Crippen LogP contribution in [0.1, 0.15) is 12.8 Å². The molecule has 116 valence electrons. The maximum Gasteiger partial charge on any atom is 0.321 e. The fourth-order valence-corrected chi connectivity index (χ4v) is 2.71. The first-order valence-corrected chi connectivity index (χ1v) is 7.42. The lowest BCUT2D eigenvalue weighted by Crippen LogP contribution is -2.43. The number of anilines is 1. The number of aromatic nitrogens is 1. The zero-order valence-corrected chi connectivity index (χ0v) is 12.2. The van der Waals surface area contributed by atoms with E-state index in [9.17, 15) is 9.90 Å². The van der Waals surface area contributed by atoms with Crippen LogP contribution >= 0.6 is 0 Å². The normalized spacial score (nSPS) is 18.2. The second-order valence-electron chi connectivity index (χ2n) is 5.51. The van der Waals surface area contributed by atoms with E-state index in [2.05, 4.69) is 10.3 Å². The number of amides is 2. The Hall–Kier alpha value is -2.34. The number of urea groups is 1. The maximum absolute atomic E-state index is 12.3. The van der Waals surface area contributed by atoms with Gasteiger partial charge in [-0.2, -0.15) is 0 Å². The molecule has 0 bridgehead atoms. The van der Waals surface area contributed by atoms with E-state index in [-0.39, 0.29) is 18.6 Å². The predicted molar refractivity (Wildman–Crippen MR) is 82.3 cm³/mol. The van der Waals surface area contributed by atoms with Gasteiger partial charge in [0.1, 0.15) is 0 Å². The molecule has 1 aromatic carbocycles. The molecule has 2 heterocycles. The first-order chi connectivity index (χ1) is 10.8. The number of hydrogen-bond donors (Lipinski definition) is 2. The summed E-state index contributed by atoms with van der Waals surface area (Å²) in [5.74, 6) is 0.842. The van der Waals surface area contributed by atoms with Gasteiger partial charge in [-0.1, -0.05) is 12.1 Å². The molecular weight excluding hydrogens is 282 g/mol. The van der Waals surface area contributed by atoms with Crippen molar-refractivity contribution < 1.29 is 14.3 Å².